The minimum Gasteiger partial charge on any atom is -0.383 e. The van der Waals surface area contributed by atoms with Crippen LogP contribution >= 0.6 is 12.2 Å². The molecule has 1 aromatic heterocycles. The van der Waals surface area contributed by atoms with Gasteiger partial charge in [-0.15, -0.1) is 0 Å². The lowest BCUT2D eigenvalue weighted by molar-refractivity contribution is -0.119. The Morgan fingerprint density at radius 2 is 1.88 bits per heavy atom. The summed E-state index contributed by atoms with van der Waals surface area (Å²) in [5, 5.41) is 9.59. The predicted molar refractivity (Wildman–Crippen MR) is 108 cm³/mol. The van der Waals surface area contributed by atoms with Gasteiger partial charge in [-0.1, -0.05) is 30.4 Å². The summed E-state index contributed by atoms with van der Waals surface area (Å²) in [6.45, 7) is 4.62. The number of pyridine rings is 1. The predicted octanol–water partition coefficient (Wildman–Crippen LogP) is 3.16. The monoisotopic (exact) mass is 366 g/mol. The Balaban J connectivity index is 1.85. The number of hydrogen-bond donors (Lipinski definition) is 3. The first-order valence-electron chi connectivity index (χ1n) is 8.49. The fourth-order valence-electron chi connectivity index (χ4n) is 2.90. The van der Waals surface area contributed by atoms with Gasteiger partial charge < -0.3 is 16.0 Å². The van der Waals surface area contributed by atoms with Gasteiger partial charge in [-0.25, -0.2) is 0 Å². The zero-order valence-corrected chi connectivity index (χ0v) is 15.7. The highest BCUT2D eigenvalue weighted by Gasteiger charge is 2.33. The number of hydrogen-bond acceptors (Lipinski definition) is 4. The number of aromatic nitrogens is 1. The molecule has 0 saturated heterocycles. The normalized spacial score (nSPS) is 16.0. The standard InChI is InChI=1S/C20H22N4OS/c1-20(2)12-16(22-13-14-8-10-21-11-9-14)17(18(25)24-20)19(26)23-15-6-4-3-5-7-15/h3-11,22H,12-13H2,1-2H3,(H,23,26)(H,24,25). The molecule has 6 heteroatoms. The Kier molecular flexibility index (Phi) is 5.32. The van der Waals surface area contributed by atoms with Gasteiger partial charge >= 0.3 is 0 Å². The van der Waals surface area contributed by atoms with Crippen molar-refractivity contribution in [2.75, 3.05) is 5.32 Å². The maximum Gasteiger partial charge on any atom is 0.256 e. The largest absolute Gasteiger partial charge is 0.383 e. The summed E-state index contributed by atoms with van der Waals surface area (Å²) in [5.41, 5.74) is 2.97. The van der Waals surface area contributed by atoms with E-state index in [-0.39, 0.29) is 11.4 Å². The van der Waals surface area contributed by atoms with E-state index in [0.29, 0.717) is 23.5 Å². The summed E-state index contributed by atoms with van der Waals surface area (Å²) in [6, 6.07) is 13.5. The summed E-state index contributed by atoms with van der Waals surface area (Å²) < 4.78 is 0. The Hall–Kier alpha value is -2.73. The molecule has 26 heavy (non-hydrogen) atoms. The smallest absolute Gasteiger partial charge is 0.256 e. The molecule has 1 aromatic carbocycles. The molecule has 0 bridgehead atoms. The second-order valence-electron chi connectivity index (χ2n) is 6.90. The quantitative estimate of drug-likeness (QED) is 0.710. The summed E-state index contributed by atoms with van der Waals surface area (Å²) in [4.78, 5) is 17.2. The fourth-order valence-corrected chi connectivity index (χ4v) is 3.23. The van der Waals surface area contributed by atoms with Gasteiger partial charge in [0.15, 0.2) is 0 Å². The van der Waals surface area contributed by atoms with Crippen molar-refractivity contribution >= 4 is 28.8 Å². The molecule has 134 valence electrons. The summed E-state index contributed by atoms with van der Waals surface area (Å²) in [5.74, 6) is -0.160. The molecule has 0 atom stereocenters. The molecule has 2 aromatic rings. The van der Waals surface area contributed by atoms with Crippen molar-refractivity contribution in [2.24, 2.45) is 0 Å². The van der Waals surface area contributed by atoms with Gasteiger partial charge in [0.2, 0.25) is 0 Å². The van der Waals surface area contributed by atoms with Crippen LogP contribution in [0.2, 0.25) is 0 Å². The number of anilines is 1. The van der Waals surface area contributed by atoms with Crippen LogP contribution in [0.1, 0.15) is 25.8 Å². The Morgan fingerprint density at radius 3 is 2.58 bits per heavy atom. The van der Waals surface area contributed by atoms with Crippen LogP contribution in [0.3, 0.4) is 0 Å². The number of carbonyl (C=O) groups excluding carboxylic acids is 1. The van der Waals surface area contributed by atoms with Crippen LogP contribution in [0, 0.1) is 0 Å². The van der Waals surface area contributed by atoms with Gasteiger partial charge in [0.1, 0.15) is 4.99 Å². The number of amides is 1. The van der Waals surface area contributed by atoms with Crippen LogP contribution in [-0.2, 0) is 11.3 Å². The molecule has 0 unspecified atom stereocenters. The lowest BCUT2D eigenvalue weighted by Crippen LogP contribution is -2.51. The molecule has 3 rings (SSSR count). The van der Waals surface area contributed by atoms with E-state index in [1.165, 1.54) is 0 Å². The molecule has 0 aliphatic carbocycles. The number of nitrogens with zero attached hydrogens (tertiary/aromatic N) is 1. The topological polar surface area (TPSA) is 66.0 Å². The van der Waals surface area contributed by atoms with E-state index in [4.69, 9.17) is 12.2 Å². The second kappa shape index (κ2) is 7.66. The van der Waals surface area contributed by atoms with E-state index in [1.807, 2.05) is 56.3 Å². The lowest BCUT2D eigenvalue weighted by atomic mass is 9.90. The van der Waals surface area contributed by atoms with Crippen molar-refractivity contribution in [3.63, 3.8) is 0 Å². The fraction of sp³-hybridized carbons (Fsp3) is 0.250. The zero-order chi connectivity index (χ0) is 18.6. The average Bonchev–Trinajstić information content (AvgIpc) is 2.60. The molecule has 3 N–H and O–H groups in total. The molecular formula is C20H22N4OS. The number of para-hydroxylation sites is 1. The number of thiocarbonyl (C=S) groups is 1. The lowest BCUT2D eigenvalue weighted by Gasteiger charge is -2.34. The van der Waals surface area contributed by atoms with Crippen molar-refractivity contribution in [3.05, 3.63) is 71.7 Å². The maximum atomic E-state index is 12.7. The highest BCUT2D eigenvalue weighted by atomic mass is 32.1. The van der Waals surface area contributed by atoms with Crippen LogP contribution in [0.25, 0.3) is 0 Å². The highest BCUT2D eigenvalue weighted by Crippen LogP contribution is 2.25. The van der Waals surface area contributed by atoms with E-state index < -0.39 is 0 Å². The van der Waals surface area contributed by atoms with Gasteiger partial charge in [0.05, 0.1) is 5.57 Å². The molecule has 0 saturated carbocycles. The van der Waals surface area contributed by atoms with Crippen molar-refractivity contribution in [1.82, 2.24) is 15.6 Å². The van der Waals surface area contributed by atoms with Gasteiger partial charge in [-0.3, -0.25) is 9.78 Å². The first kappa shape index (κ1) is 18.1. The van der Waals surface area contributed by atoms with E-state index in [0.717, 1.165) is 16.9 Å². The van der Waals surface area contributed by atoms with Crippen LogP contribution in [0.15, 0.2) is 66.1 Å². The third-order valence-electron chi connectivity index (χ3n) is 4.11. The van der Waals surface area contributed by atoms with Crippen LogP contribution < -0.4 is 16.0 Å². The SMILES string of the molecule is CC1(C)CC(NCc2ccncc2)=C(C(=S)Nc2ccccc2)C(=O)N1. The van der Waals surface area contributed by atoms with Crippen LogP contribution in [-0.4, -0.2) is 21.4 Å². The van der Waals surface area contributed by atoms with Crippen LogP contribution in [0.4, 0.5) is 5.69 Å². The first-order chi connectivity index (χ1) is 12.4. The van der Waals surface area contributed by atoms with E-state index in [1.54, 1.807) is 12.4 Å². The van der Waals surface area contributed by atoms with E-state index in [9.17, 15) is 4.79 Å². The van der Waals surface area contributed by atoms with Crippen molar-refractivity contribution < 1.29 is 4.79 Å². The van der Waals surface area contributed by atoms with Gasteiger partial charge in [0, 0.05) is 42.3 Å². The summed E-state index contributed by atoms with van der Waals surface area (Å²) in [6.07, 6.45) is 4.19. The Bertz CT molecular complexity index is 831. The van der Waals surface area contributed by atoms with Crippen molar-refractivity contribution in [3.8, 4) is 0 Å². The van der Waals surface area contributed by atoms with E-state index in [2.05, 4.69) is 20.9 Å². The minimum absolute atomic E-state index is 0.160. The van der Waals surface area contributed by atoms with E-state index >= 15 is 0 Å². The second-order valence-corrected chi connectivity index (χ2v) is 7.31. The van der Waals surface area contributed by atoms with Gasteiger partial charge in [-0.05, 0) is 43.7 Å². The molecule has 1 amide bonds. The Labute approximate surface area is 158 Å². The molecule has 2 heterocycles. The minimum atomic E-state index is -0.330. The van der Waals surface area contributed by atoms with Crippen molar-refractivity contribution in [2.45, 2.75) is 32.4 Å². The first-order valence-corrected chi connectivity index (χ1v) is 8.90. The molecule has 5 nitrogen and oxygen atoms in total. The molecule has 1 aliphatic rings. The molecule has 0 spiro atoms. The maximum absolute atomic E-state index is 12.7. The number of rotatable bonds is 5. The summed E-state index contributed by atoms with van der Waals surface area (Å²) >= 11 is 5.54. The average molecular weight is 366 g/mol. The van der Waals surface area contributed by atoms with Crippen LogP contribution in [0.5, 0.6) is 0 Å². The zero-order valence-electron chi connectivity index (χ0n) is 14.9. The Morgan fingerprint density at radius 1 is 1.19 bits per heavy atom. The van der Waals surface area contributed by atoms with Gasteiger partial charge in [-0.2, -0.15) is 0 Å². The molecule has 0 radical (unpaired) electrons. The molecular weight excluding hydrogens is 344 g/mol. The number of benzene rings is 1. The molecule has 0 fully saturated rings. The van der Waals surface area contributed by atoms with Crippen molar-refractivity contribution in [1.29, 1.82) is 0 Å². The third kappa shape index (κ3) is 4.46. The third-order valence-corrected chi connectivity index (χ3v) is 4.42. The number of nitrogens with one attached hydrogen (secondary N) is 3. The van der Waals surface area contributed by atoms with Gasteiger partial charge in [0.25, 0.3) is 5.91 Å². The summed E-state index contributed by atoms with van der Waals surface area (Å²) in [7, 11) is 0. The molecule has 1 aliphatic heterocycles. The number of carbonyl (C=O) groups is 1. The highest BCUT2D eigenvalue weighted by molar-refractivity contribution is 7.81.